The summed E-state index contributed by atoms with van der Waals surface area (Å²) in [6, 6.07) is 0. The first kappa shape index (κ1) is 32.1. The summed E-state index contributed by atoms with van der Waals surface area (Å²) in [5.41, 5.74) is 0. The molecule has 0 atom stereocenters. The van der Waals surface area contributed by atoms with Gasteiger partial charge in [0.25, 0.3) is 10.1 Å². The molecule has 0 aromatic carbocycles. The minimum absolute atomic E-state index is 0. The predicted octanol–water partition coefficient (Wildman–Crippen LogP) is 7.79. The molecule has 0 spiro atoms. The Bertz CT molecular complexity index is 399. The van der Waals surface area contributed by atoms with E-state index >= 15 is 0 Å². The summed E-state index contributed by atoms with van der Waals surface area (Å²) >= 11 is 0. The second-order valence-corrected chi connectivity index (χ2v) is 10.2. The Hall–Kier alpha value is 0.910. The molecular weight excluding hydrogens is 391 g/mol. The van der Waals surface area contributed by atoms with Gasteiger partial charge in [0.15, 0.2) is 0 Å². The van der Waals surface area contributed by atoms with Gasteiger partial charge in [0, 0.05) is 29.6 Å². The minimum atomic E-state index is -3.30. The monoisotopic (exact) mass is 441 g/mol. The molecule has 29 heavy (non-hydrogen) atoms. The van der Waals surface area contributed by atoms with Gasteiger partial charge in [-0.3, -0.25) is 4.18 Å². The zero-order valence-corrected chi connectivity index (χ0v) is 23.0. The molecule has 0 aliphatic carbocycles. The van der Waals surface area contributed by atoms with Crippen LogP contribution in [0.4, 0.5) is 0 Å². The van der Waals surface area contributed by atoms with Crippen LogP contribution < -0.4 is 0 Å². The quantitative estimate of drug-likeness (QED) is 0.0923. The molecule has 0 heterocycles. The van der Waals surface area contributed by atoms with Crippen LogP contribution in [0.3, 0.4) is 0 Å². The first-order chi connectivity index (χ1) is 13.6. The zero-order chi connectivity index (χ0) is 20.8. The second kappa shape index (κ2) is 25.2. The topological polar surface area (TPSA) is 43.4 Å². The fraction of sp³-hybridized carbons (Fsp3) is 1.00. The molecule has 0 unspecified atom stereocenters. The van der Waals surface area contributed by atoms with Crippen LogP contribution in [0.5, 0.6) is 0 Å². The predicted molar refractivity (Wildman–Crippen MR) is 129 cm³/mol. The van der Waals surface area contributed by atoms with Crippen molar-refractivity contribution in [3.63, 3.8) is 0 Å². The summed E-state index contributed by atoms with van der Waals surface area (Å²) in [6.45, 7) is 4.87. The first-order valence-electron chi connectivity index (χ1n) is 12.5. The standard InChI is InChI=1S/C24H50O3S.Na/c1-3-5-7-9-11-13-15-17-19-21-23-27-28(25,26)24-22-20-18-16-14-12-10-8-6-4-2;/h3-24H2,1-2H3;. The second-order valence-electron chi connectivity index (χ2n) is 8.45. The van der Waals surface area contributed by atoms with Gasteiger partial charge in [-0.2, -0.15) is 8.42 Å². The molecule has 0 bridgehead atoms. The fourth-order valence-corrected chi connectivity index (χ4v) is 4.65. The van der Waals surface area contributed by atoms with Crippen molar-refractivity contribution in [2.24, 2.45) is 0 Å². The Morgan fingerprint density at radius 2 is 0.793 bits per heavy atom. The van der Waals surface area contributed by atoms with Gasteiger partial charge in [-0.15, -0.1) is 0 Å². The molecule has 0 fully saturated rings. The summed E-state index contributed by atoms with van der Waals surface area (Å²) in [4.78, 5) is 0. The van der Waals surface area contributed by atoms with Crippen molar-refractivity contribution in [2.75, 3.05) is 12.4 Å². The van der Waals surface area contributed by atoms with Crippen LogP contribution >= 0.6 is 0 Å². The molecule has 1 radical (unpaired) electrons. The molecule has 0 aromatic rings. The van der Waals surface area contributed by atoms with Crippen molar-refractivity contribution in [3.8, 4) is 0 Å². The maximum Gasteiger partial charge on any atom is 0.267 e. The van der Waals surface area contributed by atoms with Crippen molar-refractivity contribution < 1.29 is 12.6 Å². The number of unbranched alkanes of at least 4 members (excludes halogenated alkanes) is 18. The SMILES string of the molecule is CCCCCCCCCCCCOS(=O)(=O)CCCCCCCCCCCC.[Na]. The van der Waals surface area contributed by atoms with Gasteiger partial charge < -0.3 is 0 Å². The van der Waals surface area contributed by atoms with E-state index in [9.17, 15) is 8.42 Å². The van der Waals surface area contributed by atoms with Crippen LogP contribution in [0.15, 0.2) is 0 Å². The summed E-state index contributed by atoms with van der Waals surface area (Å²) in [5, 5.41) is 0. The van der Waals surface area contributed by atoms with Crippen LogP contribution in [0.2, 0.25) is 0 Å². The van der Waals surface area contributed by atoms with Gasteiger partial charge in [-0.1, -0.05) is 129 Å². The van der Waals surface area contributed by atoms with E-state index in [0.717, 1.165) is 32.1 Å². The third-order valence-corrected chi connectivity index (χ3v) is 6.82. The van der Waals surface area contributed by atoms with E-state index in [2.05, 4.69) is 13.8 Å². The van der Waals surface area contributed by atoms with Crippen LogP contribution in [-0.4, -0.2) is 50.3 Å². The molecule has 5 heteroatoms. The van der Waals surface area contributed by atoms with Gasteiger partial charge in [0.1, 0.15) is 0 Å². The van der Waals surface area contributed by atoms with Gasteiger partial charge in [0.05, 0.1) is 12.4 Å². The van der Waals surface area contributed by atoms with E-state index < -0.39 is 10.1 Å². The summed E-state index contributed by atoms with van der Waals surface area (Å²) in [6.07, 6.45) is 24.7. The molecular formula is C24H50NaO3S. The van der Waals surface area contributed by atoms with E-state index in [0.29, 0.717) is 6.61 Å². The molecule has 171 valence electrons. The minimum Gasteiger partial charge on any atom is -0.270 e. The van der Waals surface area contributed by atoms with E-state index in [1.165, 1.54) is 96.3 Å². The van der Waals surface area contributed by atoms with Crippen molar-refractivity contribution >= 4 is 39.7 Å². The smallest absolute Gasteiger partial charge is 0.267 e. The maximum absolute atomic E-state index is 11.9. The van der Waals surface area contributed by atoms with Crippen molar-refractivity contribution in [1.82, 2.24) is 0 Å². The van der Waals surface area contributed by atoms with E-state index in [1.807, 2.05) is 0 Å². The molecule has 0 rings (SSSR count). The zero-order valence-electron chi connectivity index (χ0n) is 20.2. The Morgan fingerprint density at radius 1 is 0.483 bits per heavy atom. The molecule has 0 saturated heterocycles. The molecule has 0 aromatic heterocycles. The summed E-state index contributed by atoms with van der Waals surface area (Å²) in [7, 11) is -3.30. The van der Waals surface area contributed by atoms with Gasteiger partial charge in [0.2, 0.25) is 0 Å². The molecule has 0 aliphatic rings. The van der Waals surface area contributed by atoms with Crippen LogP contribution in [0.1, 0.15) is 142 Å². The van der Waals surface area contributed by atoms with Crippen molar-refractivity contribution in [1.29, 1.82) is 0 Å². The maximum atomic E-state index is 11.9. The molecule has 0 aliphatic heterocycles. The number of hydrogen-bond donors (Lipinski definition) is 0. The third-order valence-electron chi connectivity index (χ3n) is 5.51. The third kappa shape index (κ3) is 26.9. The fourth-order valence-electron chi connectivity index (χ4n) is 3.60. The molecule has 3 nitrogen and oxygen atoms in total. The van der Waals surface area contributed by atoms with Crippen LogP contribution in [0, 0.1) is 0 Å². The van der Waals surface area contributed by atoms with E-state index in [4.69, 9.17) is 4.18 Å². The Morgan fingerprint density at radius 3 is 1.17 bits per heavy atom. The average Bonchev–Trinajstić information content (AvgIpc) is 2.67. The van der Waals surface area contributed by atoms with Gasteiger partial charge in [-0.05, 0) is 12.8 Å². The van der Waals surface area contributed by atoms with E-state index in [1.54, 1.807) is 0 Å². The van der Waals surface area contributed by atoms with Crippen LogP contribution in [-0.2, 0) is 14.3 Å². The Labute approximate surface area is 205 Å². The molecule has 0 N–H and O–H groups in total. The number of rotatable bonds is 23. The molecule has 0 amide bonds. The summed E-state index contributed by atoms with van der Waals surface area (Å²) < 4.78 is 29.0. The Kier molecular flexibility index (Phi) is 27.9. The van der Waals surface area contributed by atoms with Crippen LogP contribution in [0.25, 0.3) is 0 Å². The Balaban J connectivity index is 0. The van der Waals surface area contributed by atoms with Crippen molar-refractivity contribution in [3.05, 3.63) is 0 Å². The summed E-state index contributed by atoms with van der Waals surface area (Å²) in [5.74, 6) is 0.196. The number of hydrogen-bond acceptors (Lipinski definition) is 3. The normalized spacial score (nSPS) is 11.5. The molecule has 0 saturated carbocycles. The van der Waals surface area contributed by atoms with Crippen molar-refractivity contribution in [2.45, 2.75) is 142 Å². The van der Waals surface area contributed by atoms with E-state index in [-0.39, 0.29) is 35.3 Å². The average molecular weight is 442 g/mol. The van der Waals surface area contributed by atoms with Gasteiger partial charge >= 0.3 is 0 Å². The largest absolute Gasteiger partial charge is 0.270 e. The van der Waals surface area contributed by atoms with Gasteiger partial charge in [-0.25, -0.2) is 0 Å². The first-order valence-corrected chi connectivity index (χ1v) is 14.1.